The Kier molecular flexibility index (Phi) is 11.0. The number of aromatic nitrogens is 2. The smallest absolute Gasteiger partial charge is 0.244 e. The van der Waals surface area contributed by atoms with Crippen LogP contribution < -0.4 is 17.0 Å². The van der Waals surface area contributed by atoms with Gasteiger partial charge < -0.3 is 12.4 Å². The fourth-order valence-electron chi connectivity index (χ4n) is 2.69. The lowest BCUT2D eigenvalue weighted by Gasteiger charge is -2.01. The zero-order valence-corrected chi connectivity index (χ0v) is 17.1. The standard InChI is InChI=1S/C20H27Cl2N2.ClH/c1-2-3-4-5-7-13-23-15-16-24(17-23)14-8-6-10-18-11-9-12-19(21)20(18)22;/h6,8-9,11-12,15-17H,2-5,7,10,13-14H2,1H3;1H/q+1;/p-1/b8-6+;. The third-order valence-electron chi connectivity index (χ3n) is 4.12. The van der Waals surface area contributed by atoms with Crippen LogP contribution in [0.4, 0.5) is 0 Å². The number of allylic oxidation sites excluding steroid dienone is 2. The van der Waals surface area contributed by atoms with Gasteiger partial charge in [-0.2, -0.15) is 0 Å². The lowest BCUT2D eigenvalue weighted by atomic mass is 10.1. The summed E-state index contributed by atoms with van der Waals surface area (Å²) in [7, 11) is 0. The molecular weight excluding hydrogens is 375 g/mol. The number of aryl methyl sites for hydroxylation is 1. The first-order chi connectivity index (χ1) is 11.7. The first kappa shape index (κ1) is 22.1. The van der Waals surface area contributed by atoms with Gasteiger partial charge in [-0.05, 0) is 37.0 Å². The van der Waals surface area contributed by atoms with Gasteiger partial charge in [-0.1, -0.05) is 67.6 Å². The zero-order valence-electron chi connectivity index (χ0n) is 14.8. The van der Waals surface area contributed by atoms with Gasteiger partial charge in [0.15, 0.2) is 0 Å². The van der Waals surface area contributed by atoms with Crippen molar-refractivity contribution in [2.45, 2.75) is 58.5 Å². The van der Waals surface area contributed by atoms with Crippen molar-refractivity contribution in [2.24, 2.45) is 0 Å². The Morgan fingerprint density at radius 2 is 1.88 bits per heavy atom. The van der Waals surface area contributed by atoms with E-state index >= 15 is 0 Å². The van der Waals surface area contributed by atoms with E-state index in [1.54, 1.807) is 0 Å². The number of halogens is 3. The van der Waals surface area contributed by atoms with E-state index < -0.39 is 0 Å². The van der Waals surface area contributed by atoms with Crippen LogP contribution in [-0.2, 0) is 19.5 Å². The Balaban J connectivity index is 0.00000312. The van der Waals surface area contributed by atoms with Gasteiger partial charge in [-0.25, -0.2) is 9.13 Å². The summed E-state index contributed by atoms with van der Waals surface area (Å²) in [6.45, 7) is 4.24. The maximum atomic E-state index is 6.20. The van der Waals surface area contributed by atoms with E-state index in [1.807, 2.05) is 18.2 Å². The number of hydrogen-bond donors (Lipinski definition) is 0. The van der Waals surface area contributed by atoms with Crippen molar-refractivity contribution in [3.63, 3.8) is 0 Å². The fraction of sp³-hybridized carbons (Fsp3) is 0.450. The average Bonchev–Trinajstić information content (AvgIpc) is 3.03. The maximum absolute atomic E-state index is 6.20. The molecule has 0 spiro atoms. The molecule has 0 saturated heterocycles. The molecule has 1 heterocycles. The van der Waals surface area contributed by atoms with Gasteiger partial charge in [0.1, 0.15) is 18.9 Å². The van der Waals surface area contributed by atoms with Crippen molar-refractivity contribution in [3.8, 4) is 0 Å². The number of rotatable bonds is 10. The van der Waals surface area contributed by atoms with Crippen molar-refractivity contribution in [3.05, 3.63) is 64.7 Å². The van der Waals surface area contributed by atoms with Crippen LogP contribution in [0.15, 0.2) is 49.1 Å². The predicted molar refractivity (Wildman–Crippen MR) is 103 cm³/mol. The lowest BCUT2D eigenvalue weighted by Crippen LogP contribution is -3.00. The summed E-state index contributed by atoms with van der Waals surface area (Å²) in [4.78, 5) is 0. The van der Waals surface area contributed by atoms with Crippen molar-refractivity contribution in [2.75, 3.05) is 0 Å². The normalized spacial score (nSPS) is 11.0. The van der Waals surface area contributed by atoms with Gasteiger partial charge in [-0.3, -0.25) is 0 Å². The van der Waals surface area contributed by atoms with E-state index in [4.69, 9.17) is 23.2 Å². The number of hydrogen-bond acceptors (Lipinski definition) is 0. The Morgan fingerprint density at radius 3 is 2.68 bits per heavy atom. The highest BCUT2D eigenvalue weighted by Gasteiger charge is 2.03. The summed E-state index contributed by atoms with van der Waals surface area (Å²) in [6.07, 6.45) is 18.2. The van der Waals surface area contributed by atoms with Crippen molar-refractivity contribution in [1.82, 2.24) is 4.57 Å². The van der Waals surface area contributed by atoms with Crippen LogP contribution in [0, 0.1) is 0 Å². The van der Waals surface area contributed by atoms with Gasteiger partial charge >= 0.3 is 0 Å². The van der Waals surface area contributed by atoms with Crippen LogP contribution in [0.5, 0.6) is 0 Å². The van der Waals surface area contributed by atoms with Crippen LogP contribution >= 0.6 is 23.2 Å². The van der Waals surface area contributed by atoms with Crippen molar-refractivity contribution in [1.29, 1.82) is 0 Å². The molecule has 2 rings (SSSR count). The molecule has 0 unspecified atom stereocenters. The molecule has 0 saturated carbocycles. The van der Waals surface area contributed by atoms with E-state index in [2.05, 4.69) is 46.9 Å². The molecule has 138 valence electrons. The largest absolute Gasteiger partial charge is 1.00 e. The summed E-state index contributed by atoms with van der Waals surface area (Å²) < 4.78 is 4.47. The molecule has 0 bridgehead atoms. The van der Waals surface area contributed by atoms with Gasteiger partial charge in [0.05, 0.1) is 16.6 Å². The second-order valence-electron chi connectivity index (χ2n) is 6.15. The highest BCUT2D eigenvalue weighted by atomic mass is 35.5. The fourth-order valence-corrected chi connectivity index (χ4v) is 3.09. The summed E-state index contributed by atoms with van der Waals surface area (Å²) in [5.74, 6) is 0. The second-order valence-corrected chi connectivity index (χ2v) is 6.94. The summed E-state index contributed by atoms with van der Waals surface area (Å²) in [5.41, 5.74) is 1.06. The number of imidazole rings is 1. The molecule has 1 aromatic heterocycles. The van der Waals surface area contributed by atoms with Crippen molar-refractivity contribution < 1.29 is 17.0 Å². The van der Waals surface area contributed by atoms with Crippen LogP contribution in [0.2, 0.25) is 10.0 Å². The summed E-state index contributed by atoms with van der Waals surface area (Å²) >= 11 is 12.2. The topological polar surface area (TPSA) is 8.81 Å². The van der Waals surface area contributed by atoms with E-state index in [0.717, 1.165) is 25.1 Å². The molecule has 0 N–H and O–H groups in total. The molecule has 0 aliphatic rings. The molecule has 0 fully saturated rings. The predicted octanol–water partition coefficient (Wildman–Crippen LogP) is 2.86. The molecule has 2 aromatic rings. The average molecular weight is 402 g/mol. The Labute approximate surface area is 167 Å². The monoisotopic (exact) mass is 400 g/mol. The van der Waals surface area contributed by atoms with Gasteiger partial charge in [-0.15, -0.1) is 0 Å². The summed E-state index contributed by atoms with van der Waals surface area (Å²) in [5, 5.41) is 1.28. The highest BCUT2D eigenvalue weighted by Crippen LogP contribution is 2.25. The number of unbranched alkanes of at least 4 members (excludes halogenated alkanes) is 4. The molecule has 25 heavy (non-hydrogen) atoms. The van der Waals surface area contributed by atoms with Crippen LogP contribution in [0.3, 0.4) is 0 Å². The lowest BCUT2D eigenvalue weighted by molar-refractivity contribution is -0.686. The Morgan fingerprint density at radius 1 is 1.08 bits per heavy atom. The molecule has 0 aliphatic heterocycles. The first-order valence-electron chi connectivity index (χ1n) is 8.83. The molecule has 1 aromatic carbocycles. The molecule has 0 atom stereocenters. The quantitative estimate of drug-likeness (QED) is 0.329. The van der Waals surface area contributed by atoms with Crippen LogP contribution in [0.1, 0.15) is 44.6 Å². The van der Waals surface area contributed by atoms with Gasteiger partial charge in [0.2, 0.25) is 6.33 Å². The highest BCUT2D eigenvalue weighted by molar-refractivity contribution is 6.42. The van der Waals surface area contributed by atoms with E-state index in [0.29, 0.717) is 10.0 Å². The van der Waals surface area contributed by atoms with Gasteiger partial charge in [0, 0.05) is 0 Å². The summed E-state index contributed by atoms with van der Waals surface area (Å²) in [6, 6.07) is 5.77. The zero-order chi connectivity index (χ0) is 17.2. The van der Waals surface area contributed by atoms with E-state index in [-0.39, 0.29) is 12.4 Å². The Bertz CT molecular complexity index is 650. The second kappa shape index (κ2) is 12.4. The molecule has 0 radical (unpaired) electrons. The Hall–Kier alpha value is -0.960. The van der Waals surface area contributed by atoms with Crippen molar-refractivity contribution >= 4 is 23.2 Å². The first-order valence-corrected chi connectivity index (χ1v) is 9.59. The molecule has 2 nitrogen and oxygen atoms in total. The molecule has 0 amide bonds. The van der Waals surface area contributed by atoms with Crippen LogP contribution in [0.25, 0.3) is 0 Å². The van der Waals surface area contributed by atoms with Gasteiger partial charge in [0.25, 0.3) is 0 Å². The van der Waals surface area contributed by atoms with Crippen LogP contribution in [-0.4, -0.2) is 4.57 Å². The van der Waals surface area contributed by atoms with E-state index in [9.17, 15) is 0 Å². The number of nitrogens with zero attached hydrogens (tertiary/aromatic N) is 2. The molecular formula is C20H27Cl3N2. The molecule has 0 aliphatic carbocycles. The third kappa shape index (κ3) is 7.85. The maximum Gasteiger partial charge on any atom is 0.244 e. The minimum atomic E-state index is 0. The number of benzene rings is 1. The minimum absolute atomic E-state index is 0. The molecule has 5 heteroatoms. The minimum Gasteiger partial charge on any atom is -1.00 e. The SMILES string of the molecule is CCCCCCCn1cc[n+](C/C=C/Cc2cccc(Cl)c2Cl)c1.[Cl-]. The van der Waals surface area contributed by atoms with E-state index in [1.165, 1.54) is 32.1 Å². The third-order valence-corrected chi connectivity index (χ3v) is 4.98.